The molecule has 4 rings (SSSR count). The molecule has 1 heterocycles. The Kier molecular flexibility index (Phi) is 9.34. The first-order chi connectivity index (χ1) is 20.3. The van der Waals surface area contributed by atoms with Gasteiger partial charge in [-0.05, 0) is 67.6 Å². The van der Waals surface area contributed by atoms with Crippen LogP contribution in [0.2, 0.25) is 0 Å². The first kappa shape index (κ1) is 31.4. The molecular formula is C32H37F3N6O2. The van der Waals surface area contributed by atoms with E-state index >= 15 is 0 Å². The number of carbonyl (C=O) groups is 2. The highest BCUT2D eigenvalue weighted by molar-refractivity contribution is 5.97. The molecule has 43 heavy (non-hydrogen) atoms. The van der Waals surface area contributed by atoms with Crippen molar-refractivity contribution in [2.24, 2.45) is 11.6 Å². The zero-order valence-corrected chi connectivity index (χ0v) is 24.5. The zero-order chi connectivity index (χ0) is 31.4. The third-order valence-electron chi connectivity index (χ3n) is 7.10. The van der Waals surface area contributed by atoms with Crippen molar-refractivity contribution in [2.45, 2.75) is 45.5 Å². The van der Waals surface area contributed by atoms with Gasteiger partial charge in [-0.25, -0.2) is 10.6 Å². The third-order valence-corrected chi connectivity index (χ3v) is 7.10. The van der Waals surface area contributed by atoms with Gasteiger partial charge in [0.2, 0.25) is 0 Å². The average Bonchev–Trinajstić information content (AvgIpc) is 2.96. The van der Waals surface area contributed by atoms with E-state index in [-0.39, 0.29) is 31.6 Å². The van der Waals surface area contributed by atoms with E-state index in [2.05, 4.69) is 10.6 Å². The van der Waals surface area contributed by atoms with Gasteiger partial charge in [0.05, 0.1) is 17.8 Å². The predicted octanol–water partition coefficient (Wildman–Crippen LogP) is 5.10. The molecular weight excluding hydrogens is 557 g/mol. The van der Waals surface area contributed by atoms with E-state index < -0.39 is 17.3 Å². The molecule has 0 atom stereocenters. The van der Waals surface area contributed by atoms with Gasteiger partial charge < -0.3 is 26.3 Å². The van der Waals surface area contributed by atoms with Crippen LogP contribution in [0.5, 0.6) is 0 Å². The summed E-state index contributed by atoms with van der Waals surface area (Å²) in [5.41, 5.74) is 8.68. The van der Waals surface area contributed by atoms with E-state index in [4.69, 9.17) is 11.6 Å². The lowest BCUT2D eigenvalue weighted by atomic mass is 9.87. The lowest BCUT2D eigenvalue weighted by molar-refractivity contribution is -0.137. The minimum Gasteiger partial charge on any atom is -0.403 e. The van der Waals surface area contributed by atoms with E-state index in [1.165, 1.54) is 17.3 Å². The molecule has 1 aliphatic heterocycles. The molecule has 11 heteroatoms. The van der Waals surface area contributed by atoms with Crippen molar-refractivity contribution in [3.05, 3.63) is 101 Å². The number of urea groups is 1. The predicted molar refractivity (Wildman–Crippen MR) is 161 cm³/mol. The van der Waals surface area contributed by atoms with Crippen molar-refractivity contribution in [3.63, 3.8) is 0 Å². The number of amides is 3. The van der Waals surface area contributed by atoms with Gasteiger partial charge in [-0.2, -0.15) is 13.2 Å². The van der Waals surface area contributed by atoms with Crippen LogP contribution in [0.25, 0.3) is 16.8 Å². The summed E-state index contributed by atoms with van der Waals surface area (Å²) in [5, 5.41) is 7.27. The number of nitrogens with zero attached hydrogens (tertiary/aromatic N) is 2. The van der Waals surface area contributed by atoms with Crippen LogP contribution in [-0.4, -0.2) is 47.0 Å². The number of hydrogen-bond donors (Lipinski definition) is 4. The maximum Gasteiger partial charge on any atom is 0.416 e. The minimum atomic E-state index is -4.49. The number of nitrogens with two attached hydrogens (primary N) is 2. The van der Waals surface area contributed by atoms with Crippen LogP contribution in [0.1, 0.15) is 53.4 Å². The number of halogens is 3. The Bertz CT molecular complexity index is 1500. The summed E-state index contributed by atoms with van der Waals surface area (Å²) in [4.78, 5) is 28.1. The van der Waals surface area contributed by atoms with Crippen LogP contribution in [-0.2, 0) is 19.1 Å². The number of fused-ring (bicyclic) bond motifs is 1. The number of benzene rings is 3. The monoisotopic (exact) mass is 594 g/mol. The highest BCUT2D eigenvalue weighted by atomic mass is 19.4. The standard InChI is InChI=1S/C32H37F3N6O2/c1-31(2,3)39-30(43)40-16-14-25-24(22-10-7-11-23(18-22)32(33,34)35)12-13-26(27(25)20-40)29(42)38-15-17-41(37)28(19-36)21-8-5-4-6-9-21/h4-13,18-19H,14-17,20,36-37H2,1-3H3,(H,38,42)(H,39,43)/b28-19-. The molecule has 0 aromatic heterocycles. The zero-order valence-electron chi connectivity index (χ0n) is 24.5. The fraction of sp³-hybridized carbons (Fsp3) is 0.312. The molecule has 8 nitrogen and oxygen atoms in total. The van der Waals surface area contributed by atoms with Crippen LogP contribution >= 0.6 is 0 Å². The molecule has 3 aromatic rings. The Balaban J connectivity index is 1.60. The van der Waals surface area contributed by atoms with Crippen LogP contribution in [0.3, 0.4) is 0 Å². The Morgan fingerprint density at radius 3 is 2.37 bits per heavy atom. The quantitative estimate of drug-likeness (QED) is 0.224. The van der Waals surface area contributed by atoms with E-state index in [9.17, 15) is 22.8 Å². The molecule has 3 aromatic carbocycles. The van der Waals surface area contributed by atoms with Gasteiger partial charge in [0.15, 0.2) is 0 Å². The smallest absolute Gasteiger partial charge is 0.403 e. The van der Waals surface area contributed by atoms with Crippen LogP contribution in [0.15, 0.2) is 72.9 Å². The first-order valence-electron chi connectivity index (χ1n) is 14.0. The normalized spacial score (nSPS) is 13.7. The van der Waals surface area contributed by atoms with Crippen LogP contribution in [0.4, 0.5) is 18.0 Å². The number of hydrazine groups is 1. The van der Waals surface area contributed by atoms with E-state index in [1.54, 1.807) is 23.1 Å². The van der Waals surface area contributed by atoms with Gasteiger partial charge in [-0.1, -0.05) is 48.5 Å². The molecule has 0 saturated carbocycles. The van der Waals surface area contributed by atoms with E-state index in [0.717, 1.165) is 23.3 Å². The van der Waals surface area contributed by atoms with Crippen molar-refractivity contribution in [1.82, 2.24) is 20.5 Å². The molecule has 0 aliphatic carbocycles. The number of nitrogens with one attached hydrogen (secondary N) is 2. The van der Waals surface area contributed by atoms with Crippen molar-refractivity contribution in [1.29, 1.82) is 0 Å². The molecule has 0 radical (unpaired) electrons. The topological polar surface area (TPSA) is 117 Å². The van der Waals surface area contributed by atoms with E-state index in [1.807, 2.05) is 51.1 Å². The Morgan fingerprint density at radius 2 is 1.72 bits per heavy atom. The molecule has 0 bridgehead atoms. The number of hydrogen-bond acceptors (Lipinski definition) is 5. The maximum atomic E-state index is 13.5. The van der Waals surface area contributed by atoms with Crippen molar-refractivity contribution >= 4 is 17.6 Å². The van der Waals surface area contributed by atoms with Crippen LogP contribution < -0.4 is 22.2 Å². The molecule has 1 aliphatic rings. The second-order valence-electron chi connectivity index (χ2n) is 11.4. The molecule has 0 fully saturated rings. The Hall–Kier alpha value is -4.51. The van der Waals surface area contributed by atoms with Gasteiger partial charge >= 0.3 is 12.2 Å². The largest absolute Gasteiger partial charge is 0.416 e. The average molecular weight is 595 g/mol. The fourth-order valence-corrected chi connectivity index (χ4v) is 5.07. The van der Waals surface area contributed by atoms with Gasteiger partial charge in [0.25, 0.3) is 5.91 Å². The lowest BCUT2D eigenvalue weighted by Gasteiger charge is -2.34. The second kappa shape index (κ2) is 12.8. The molecule has 0 saturated heterocycles. The first-order valence-corrected chi connectivity index (χ1v) is 14.0. The highest BCUT2D eigenvalue weighted by Crippen LogP contribution is 2.36. The fourth-order valence-electron chi connectivity index (χ4n) is 5.07. The van der Waals surface area contributed by atoms with Crippen molar-refractivity contribution < 1.29 is 22.8 Å². The summed E-state index contributed by atoms with van der Waals surface area (Å²) in [5.74, 6) is 5.85. The Morgan fingerprint density at radius 1 is 1.00 bits per heavy atom. The van der Waals surface area contributed by atoms with Gasteiger partial charge in [0, 0.05) is 42.5 Å². The maximum absolute atomic E-state index is 13.5. The van der Waals surface area contributed by atoms with Gasteiger partial charge in [-0.3, -0.25) is 4.79 Å². The summed E-state index contributed by atoms with van der Waals surface area (Å²) < 4.78 is 40.5. The van der Waals surface area contributed by atoms with Crippen LogP contribution in [0, 0.1) is 0 Å². The third kappa shape index (κ3) is 7.66. The number of alkyl halides is 3. The van der Waals surface area contributed by atoms with Gasteiger partial charge in [-0.15, -0.1) is 0 Å². The van der Waals surface area contributed by atoms with Gasteiger partial charge in [0.1, 0.15) is 0 Å². The molecule has 0 unspecified atom stereocenters. The minimum absolute atomic E-state index is 0.129. The molecule has 3 amide bonds. The summed E-state index contributed by atoms with van der Waals surface area (Å²) in [7, 11) is 0. The summed E-state index contributed by atoms with van der Waals surface area (Å²) in [6.45, 7) is 6.55. The highest BCUT2D eigenvalue weighted by Gasteiger charge is 2.32. The summed E-state index contributed by atoms with van der Waals surface area (Å²) in [6.07, 6.45) is -2.72. The van der Waals surface area contributed by atoms with E-state index in [0.29, 0.717) is 40.9 Å². The second-order valence-corrected chi connectivity index (χ2v) is 11.4. The lowest BCUT2D eigenvalue weighted by Crippen LogP contribution is -2.50. The molecule has 0 spiro atoms. The molecule has 228 valence electrons. The number of rotatable bonds is 7. The Labute approximate surface area is 249 Å². The number of carbonyl (C=O) groups excluding carboxylic acids is 2. The van der Waals surface area contributed by atoms with Crippen molar-refractivity contribution in [3.8, 4) is 11.1 Å². The van der Waals surface area contributed by atoms with Crippen molar-refractivity contribution in [2.75, 3.05) is 19.6 Å². The molecule has 6 N–H and O–H groups in total. The summed E-state index contributed by atoms with van der Waals surface area (Å²) in [6, 6.07) is 17.5. The summed E-state index contributed by atoms with van der Waals surface area (Å²) >= 11 is 0. The SMILES string of the molecule is CC(C)(C)NC(=O)N1CCc2c(-c3cccc(C(F)(F)F)c3)ccc(C(=O)NCCN(N)/C(=C\N)c3ccccc3)c2C1.